The number of aryl methyl sites for hydroxylation is 1. The number of nitro groups is 1. The number of ether oxygens (including phenoxy) is 1. The van der Waals surface area contributed by atoms with Gasteiger partial charge in [-0.15, -0.1) is 11.6 Å². The Morgan fingerprint density at radius 3 is 2.74 bits per heavy atom. The molecule has 0 bridgehead atoms. The topological polar surface area (TPSA) is 69.4 Å². The van der Waals surface area contributed by atoms with Gasteiger partial charge in [0.05, 0.1) is 11.5 Å². The number of esters is 1. The number of carbonyl (C=O) groups is 1. The molecule has 0 saturated carbocycles. The summed E-state index contributed by atoms with van der Waals surface area (Å²) in [6.45, 7) is 3.65. The average molecular weight is 351 g/mol. The van der Waals surface area contributed by atoms with Gasteiger partial charge in [-0.2, -0.15) is 0 Å². The number of benzene rings is 1. The highest BCUT2D eigenvalue weighted by molar-refractivity contribution is 9.10. The van der Waals surface area contributed by atoms with E-state index in [0.717, 1.165) is 5.56 Å². The van der Waals surface area contributed by atoms with E-state index in [4.69, 9.17) is 16.3 Å². The van der Waals surface area contributed by atoms with Gasteiger partial charge in [-0.25, -0.2) is 0 Å². The molecule has 0 aliphatic heterocycles. The van der Waals surface area contributed by atoms with Gasteiger partial charge in [0.15, 0.2) is 0 Å². The molecular formula is C12H13BrClNO4. The summed E-state index contributed by atoms with van der Waals surface area (Å²) < 4.78 is 5.35. The molecule has 5 nitrogen and oxygen atoms in total. The lowest BCUT2D eigenvalue weighted by atomic mass is 10.0. The molecule has 0 fully saturated rings. The fraction of sp³-hybridized carbons (Fsp3) is 0.417. The zero-order valence-corrected chi connectivity index (χ0v) is 12.8. The zero-order chi connectivity index (χ0) is 14.6. The lowest BCUT2D eigenvalue weighted by molar-refractivity contribution is -0.385. The summed E-state index contributed by atoms with van der Waals surface area (Å²) in [6, 6.07) is 3.20. The Morgan fingerprint density at radius 2 is 2.21 bits per heavy atom. The highest BCUT2D eigenvalue weighted by Gasteiger charge is 2.24. The first kappa shape index (κ1) is 15.9. The first-order valence-corrected chi connectivity index (χ1v) is 6.83. The summed E-state index contributed by atoms with van der Waals surface area (Å²) in [4.78, 5) is 22.0. The van der Waals surface area contributed by atoms with Gasteiger partial charge in [0.1, 0.15) is 5.38 Å². The van der Waals surface area contributed by atoms with Crippen molar-refractivity contribution in [3.8, 4) is 0 Å². The van der Waals surface area contributed by atoms with E-state index in [1.807, 2.05) is 0 Å². The van der Waals surface area contributed by atoms with Crippen molar-refractivity contribution >= 4 is 39.2 Å². The van der Waals surface area contributed by atoms with Crippen LogP contribution in [0.1, 0.15) is 18.1 Å². The van der Waals surface area contributed by atoms with Crippen LogP contribution in [0.2, 0.25) is 0 Å². The Bertz CT molecular complexity index is 507. The van der Waals surface area contributed by atoms with Crippen molar-refractivity contribution in [2.75, 3.05) is 6.61 Å². The Labute approximate surface area is 124 Å². The van der Waals surface area contributed by atoms with Gasteiger partial charge < -0.3 is 4.74 Å². The average Bonchev–Trinajstić information content (AvgIpc) is 2.32. The standard InChI is InChI=1S/C12H13BrClNO4/c1-3-19-12(16)10(14)6-8-9(13)4-7(2)5-11(8)15(17)18/h4-5,10H,3,6H2,1-2H3. The van der Waals surface area contributed by atoms with Crippen LogP contribution in [0.15, 0.2) is 16.6 Å². The van der Waals surface area contributed by atoms with Gasteiger partial charge in [-0.1, -0.05) is 15.9 Å². The van der Waals surface area contributed by atoms with Crippen molar-refractivity contribution in [2.24, 2.45) is 0 Å². The summed E-state index contributed by atoms with van der Waals surface area (Å²) in [6.07, 6.45) is 0.0393. The maximum absolute atomic E-state index is 11.5. The fourth-order valence-corrected chi connectivity index (χ4v) is 2.56. The molecule has 0 aliphatic carbocycles. The molecule has 1 rings (SSSR count). The molecule has 104 valence electrons. The molecule has 0 saturated heterocycles. The van der Waals surface area contributed by atoms with E-state index in [1.165, 1.54) is 6.07 Å². The molecule has 1 aromatic rings. The first-order valence-electron chi connectivity index (χ1n) is 5.61. The molecule has 0 N–H and O–H groups in total. The summed E-state index contributed by atoms with van der Waals surface area (Å²) in [5.74, 6) is -0.578. The van der Waals surface area contributed by atoms with Crippen LogP contribution in [0.3, 0.4) is 0 Å². The summed E-state index contributed by atoms with van der Waals surface area (Å²) >= 11 is 9.18. The first-order chi connectivity index (χ1) is 8.86. The van der Waals surface area contributed by atoms with Crippen molar-refractivity contribution in [3.63, 3.8) is 0 Å². The molecule has 19 heavy (non-hydrogen) atoms. The van der Waals surface area contributed by atoms with Crippen LogP contribution in [0, 0.1) is 17.0 Å². The number of nitrogens with zero attached hydrogens (tertiary/aromatic N) is 1. The SMILES string of the molecule is CCOC(=O)C(Cl)Cc1c(Br)cc(C)cc1[N+](=O)[O-]. The smallest absolute Gasteiger partial charge is 0.324 e. The molecule has 0 spiro atoms. The minimum atomic E-state index is -0.947. The van der Waals surface area contributed by atoms with Crippen LogP contribution in [0.4, 0.5) is 5.69 Å². The van der Waals surface area contributed by atoms with E-state index in [9.17, 15) is 14.9 Å². The molecule has 1 unspecified atom stereocenters. The molecule has 0 aromatic heterocycles. The molecule has 0 heterocycles. The van der Waals surface area contributed by atoms with E-state index >= 15 is 0 Å². The number of hydrogen-bond donors (Lipinski definition) is 0. The normalized spacial score (nSPS) is 12.0. The van der Waals surface area contributed by atoms with Gasteiger partial charge in [0.2, 0.25) is 0 Å². The Morgan fingerprint density at radius 1 is 1.58 bits per heavy atom. The molecule has 7 heteroatoms. The molecule has 1 atom stereocenters. The maximum Gasteiger partial charge on any atom is 0.324 e. The molecular weight excluding hydrogens is 337 g/mol. The number of carbonyl (C=O) groups excluding carboxylic acids is 1. The Hall–Kier alpha value is -1.14. The number of halogens is 2. The lowest BCUT2D eigenvalue weighted by Crippen LogP contribution is -2.21. The molecule has 0 radical (unpaired) electrons. The van der Waals surface area contributed by atoms with Crippen molar-refractivity contribution in [1.82, 2.24) is 0 Å². The number of nitro benzene ring substituents is 1. The third-order valence-electron chi connectivity index (χ3n) is 2.44. The largest absolute Gasteiger partial charge is 0.465 e. The third kappa shape index (κ3) is 4.18. The van der Waals surface area contributed by atoms with E-state index in [0.29, 0.717) is 10.0 Å². The number of alkyl halides is 1. The second-order valence-corrected chi connectivity index (χ2v) is 5.31. The van der Waals surface area contributed by atoms with Crippen LogP contribution in [0.5, 0.6) is 0 Å². The van der Waals surface area contributed by atoms with Crippen molar-refractivity contribution in [3.05, 3.63) is 37.8 Å². The van der Waals surface area contributed by atoms with E-state index in [2.05, 4.69) is 15.9 Å². The van der Waals surface area contributed by atoms with Crippen LogP contribution >= 0.6 is 27.5 Å². The maximum atomic E-state index is 11.5. The van der Waals surface area contributed by atoms with Gasteiger partial charge >= 0.3 is 5.97 Å². The Kier molecular flexibility index (Phi) is 5.75. The molecule has 1 aromatic carbocycles. The van der Waals surface area contributed by atoms with E-state index in [1.54, 1.807) is 19.9 Å². The number of rotatable bonds is 5. The van der Waals surface area contributed by atoms with Crippen LogP contribution < -0.4 is 0 Å². The predicted molar refractivity (Wildman–Crippen MR) is 75.5 cm³/mol. The Balaban J connectivity index is 3.06. The van der Waals surface area contributed by atoms with Gasteiger partial charge in [0.25, 0.3) is 5.69 Å². The van der Waals surface area contributed by atoms with Crippen molar-refractivity contribution < 1.29 is 14.5 Å². The third-order valence-corrected chi connectivity index (χ3v) is 3.48. The van der Waals surface area contributed by atoms with Crippen LogP contribution in [0.25, 0.3) is 0 Å². The van der Waals surface area contributed by atoms with Crippen LogP contribution in [-0.4, -0.2) is 22.9 Å². The second-order valence-electron chi connectivity index (χ2n) is 3.93. The number of hydrogen-bond acceptors (Lipinski definition) is 4. The minimum Gasteiger partial charge on any atom is -0.465 e. The summed E-state index contributed by atoms with van der Waals surface area (Å²) in [7, 11) is 0. The van der Waals surface area contributed by atoms with E-state index < -0.39 is 16.3 Å². The van der Waals surface area contributed by atoms with Crippen molar-refractivity contribution in [2.45, 2.75) is 25.6 Å². The van der Waals surface area contributed by atoms with E-state index in [-0.39, 0.29) is 18.7 Å². The second kappa shape index (κ2) is 6.86. The highest BCUT2D eigenvalue weighted by Crippen LogP contribution is 2.30. The minimum absolute atomic E-state index is 0.0393. The fourth-order valence-electron chi connectivity index (χ4n) is 1.61. The zero-order valence-electron chi connectivity index (χ0n) is 10.5. The van der Waals surface area contributed by atoms with Gasteiger partial charge in [0, 0.05) is 22.5 Å². The predicted octanol–water partition coefficient (Wildman–Crippen LogP) is 3.38. The summed E-state index contributed by atoms with van der Waals surface area (Å²) in [5.41, 5.74) is 1.09. The van der Waals surface area contributed by atoms with Crippen LogP contribution in [-0.2, 0) is 16.0 Å². The monoisotopic (exact) mass is 349 g/mol. The summed E-state index contributed by atoms with van der Waals surface area (Å²) in [5, 5.41) is 10.1. The van der Waals surface area contributed by atoms with Crippen molar-refractivity contribution in [1.29, 1.82) is 0 Å². The highest BCUT2D eigenvalue weighted by atomic mass is 79.9. The lowest BCUT2D eigenvalue weighted by Gasteiger charge is -2.11. The molecule has 0 amide bonds. The van der Waals surface area contributed by atoms with Gasteiger partial charge in [-0.05, 0) is 25.5 Å². The molecule has 0 aliphatic rings. The van der Waals surface area contributed by atoms with Gasteiger partial charge in [-0.3, -0.25) is 14.9 Å². The quantitative estimate of drug-likeness (QED) is 0.353.